The van der Waals surface area contributed by atoms with E-state index >= 15 is 0 Å². The molecule has 82 valence electrons. The van der Waals surface area contributed by atoms with Crippen molar-refractivity contribution in [3.05, 3.63) is 35.4 Å². The summed E-state index contributed by atoms with van der Waals surface area (Å²) in [6.45, 7) is -0.348. The lowest BCUT2D eigenvalue weighted by atomic mass is 10.1. The van der Waals surface area contributed by atoms with Crippen LogP contribution in [0.1, 0.15) is 15.9 Å². The molecule has 0 spiro atoms. The van der Waals surface area contributed by atoms with Crippen LogP contribution in [-0.2, 0) is 4.79 Å². The molecule has 0 saturated carbocycles. The van der Waals surface area contributed by atoms with E-state index in [9.17, 15) is 9.59 Å². The average Bonchev–Trinajstić information content (AvgIpc) is 2.27. The van der Waals surface area contributed by atoms with E-state index in [2.05, 4.69) is 0 Å². The molecule has 5 heteroatoms. The lowest BCUT2D eigenvalue weighted by Gasteiger charge is -2.14. The monoisotopic (exact) mass is 218 g/mol. The number of benzene rings is 1. The Kier molecular flexibility index (Phi) is 3.62. The van der Waals surface area contributed by atoms with Crippen molar-refractivity contribution in [3.8, 4) is 6.07 Å². The maximum absolute atomic E-state index is 11.7. The van der Waals surface area contributed by atoms with Crippen LogP contribution in [0.2, 0.25) is 0 Å². The summed E-state index contributed by atoms with van der Waals surface area (Å²) in [4.78, 5) is 23.2. The van der Waals surface area contributed by atoms with Crippen LogP contribution < -0.4 is 0 Å². The number of hydrogen-bond donors (Lipinski definition) is 1. The molecule has 16 heavy (non-hydrogen) atoms. The molecule has 0 fully saturated rings. The Morgan fingerprint density at radius 2 is 1.94 bits per heavy atom. The fourth-order valence-corrected chi connectivity index (χ4v) is 1.18. The minimum absolute atomic E-state index is 0.348. The van der Waals surface area contributed by atoms with Gasteiger partial charge in [-0.2, -0.15) is 5.26 Å². The second-order valence-corrected chi connectivity index (χ2v) is 3.24. The smallest absolute Gasteiger partial charge is 0.323 e. The van der Waals surface area contributed by atoms with Crippen molar-refractivity contribution in [1.29, 1.82) is 5.26 Å². The van der Waals surface area contributed by atoms with Crippen LogP contribution in [0.25, 0.3) is 0 Å². The minimum atomic E-state index is -1.07. The van der Waals surface area contributed by atoms with E-state index in [1.54, 1.807) is 0 Å². The fourth-order valence-electron chi connectivity index (χ4n) is 1.18. The van der Waals surface area contributed by atoms with Gasteiger partial charge in [-0.05, 0) is 24.3 Å². The summed E-state index contributed by atoms with van der Waals surface area (Å²) in [6.07, 6.45) is 0. The first-order chi connectivity index (χ1) is 7.54. The van der Waals surface area contributed by atoms with Crippen LogP contribution in [0.5, 0.6) is 0 Å². The van der Waals surface area contributed by atoms with Crippen LogP contribution >= 0.6 is 0 Å². The van der Waals surface area contributed by atoms with Crippen LogP contribution in [0.15, 0.2) is 24.3 Å². The van der Waals surface area contributed by atoms with Crippen molar-refractivity contribution in [2.75, 3.05) is 13.6 Å². The molecule has 0 aliphatic carbocycles. The van der Waals surface area contributed by atoms with Gasteiger partial charge in [-0.3, -0.25) is 9.59 Å². The van der Waals surface area contributed by atoms with E-state index in [0.29, 0.717) is 11.1 Å². The first kappa shape index (κ1) is 11.7. The van der Waals surface area contributed by atoms with E-state index in [4.69, 9.17) is 10.4 Å². The van der Waals surface area contributed by atoms with Crippen molar-refractivity contribution in [2.24, 2.45) is 0 Å². The third-order valence-electron chi connectivity index (χ3n) is 1.98. The first-order valence-corrected chi connectivity index (χ1v) is 4.52. The summed E-state index contributed by atoms with van der Waals surface area (Å²) >= 11 is 0. The molecular weight excluding hydrogens is 208 g/mol. The third-order valence-corrected chi connectivity index (χ3v) is 1.98. The lowest BCUT2D eigenvalue weighted by molar-refractivity contribution is -0.137. The van der Waals surface area contributed by atoms with E-state index in [-0.39, 0.29) is 12.5 Å². The third kappa shape index (κ3) is 2.82. The predicted octanol–water partition coefficient (Wildman–Crippen LogP) is 0.715. The average molecular weight is 218 g/mol. The van der Waals surface area contributed by atoms with Gasteiger partial charge in [-0.1, -0.05) is 0 Å². The maximum Gasteiger partial charge on any atom is 0.323 e. The van der Waals surface area contributed by atoms with Crippen LogP contribution in [0, 0.1) is 11.3 Å². The number of aliphatic carboxylic acids is 1. The summed E-state index contributed by atoms with van der Waals surface area (Å²) < 4.78 is 0. The maximum atomic E-state index is 11.7. The van der Waals surface area contributed by atoms with Gasteiger partial charge in [0.1, 0.15) is 6.54 Å². The number of carboxylic acid groups (broad SMARTS) is 1. The Hall–Kier alpha value is -2.35. The summed E-state index contributed by atoms with van der Waals surface area (Å²) in [6, 6.07) is 7.97. The molecule has 0 aliphatic rings. The normalized spacial score (nSPS) is 9.25. The van der Waals surface area contributed by atoms with Crippen molar-refractivity contribution in [2.45, 2.75) is 0 Å². The molecule has 1 amide bonds. The molecule has 1 aromatic carbocycles. The predicted molar refractivity (Wildman–Crippen MR) is 55.8 cm³/mol. The number of likely N-dealkylation sites (N-methyl/N-ethyl adjacent to an activating group) is 1. The quantitative estimate of drug-likeness (QED) is 0.810. The fraction of sp³-hybridized carbons (Fsp3) is 0.182. The van der Waals surface area contributed by atoms with Gasteiger partial charge >= 0.3 is 5.97 Å². The van der Waals surface area contributed by atoms with Gasteiger partial charge in [0.25, 0.3) is 5.91 Å². The van der Waals surface area contributed by atoms with Gasteiger partial charge in [0, 0.05) is 12.6 Å². The molecule has 1 aromatic rings. The number of nitriles is 1. The molecule has 0 aliphatic heterocycles. The van der Waals surface area contributed by atoms with Gasteiger partial charge in [-0.15, -0.1) is 0 Å². The van der Waals surface area contributed by atoms with Crippen LogP contribution in [0.4, 0.5) is 0 Å². The van der Waals surface area contributed by atoms with Crippen LogP contribution in [-0.4, -0.2) is 35.5 Å². The Labute approximate surface area is 92.5 Å². The number of carbonyl (C=O) groups is 2. The Balaban J connectivity index is 2.80. The van der Waals surface area contributed by atoms with Crippen molar-refractivity contribution >= 4 is 11.9 Å². The zero-order valence-corrected chi connectivity index (χ0v) is 8.67. The molecule has 0 unspecified atom stereocenters. The molecule has 5 nitrogen and oxygen atoms in total. The summed E-state index contributed by atoms with van der Waals surface area (Å²) in [5, 5.41) is 17.1. The molecular formula is C11H10N2O3. The van der Waals surface area contributed by atoms with Gasteiger partial charge in [0.2, 0.25) is 0 Å². The van der Waals surface area contributed by atoms with E-state index < -0.39 is 5.97 Å². The summed E-state index contributed by atoms with van der Waals surface area (Å²) in [5.41, 5.74) is 0.820. The topological polar surface area (TPSA) is 81.4 Å². The van der Waals surface area contributed by atoms with E-state index in [1.165, 1.54) is 31.3 Å². The summed E-state index contributed by atoms with van der Waals surface area (Å²) in [7, 11) is 1.41. The lowest BCUT2D eigenvalue weighted by Crippen LogP contribution is -2.31. The van der Waals surface area contributed by atoms with Crippen LogP contribution in [0.3, 0.4) is 0 Å². The Bertz CT molecular complexity index is 445. The summed E-state index contributed by atoms with van der Waals surface area (Å²) in [5.74, 6) is -1.45. The minimum Gasteiger partial charge on any atom is -0.480 e. The number of rotatable bonds is 3. The Morgan fingerprint density at radius 3 is 2.38 bits per heavy atom. The standard InChI is InChI=1S/C11H10N2O3/c1-13(7-10(14)15)11(16)9-4-2-8(6-12)3-5-9/h2-5H,7H2,1H3,(H,14,15). The van der Waals surface area contributed by atoms with Gasteiger partial charge in [-0.25, -0.2) is 0 Å². The molecule has 1 rings (SSSR count). The SMILES string of the molecule is CN(CC(=O)O)C(=O)c1ccc(C#N)cc1. The molecule has 1 N–H and O–H groups in total. The largest absolute Gasteiger partial charge is 0.480 e. The van der Waals surface area contributed by atoms with Gasteiger partial charge in [0.05, 0.1) is 11.6 Å². The highest BCUT2D eigenvalue weighted by Gasteiger charge is 2.13. The highest BCUT2D eigenvalue weighted by Crippen LogP contribution is 2.06. The zero-order valence-electron chi connectivity index (χ0n) is 8.67. The molecule has 0 atom stereocenters. The first-order valence-electron chi connectivity index (χ1n) is 4.52. The van der Waals surface area contributed by atoms with E-state index in [1.807, 2.05) is 6.07 Å². The number of nitrogens with zero attached hydrogens (tertiary/aromatic N) is 2. The Morgan fingerprint density at radius 1 is 1.38 bits per heavy atom. The molecule has 0 bridgehead atoms. The van der Waals surface area contributed by atoms with Gasteiger partial charge < -0.3 is 10.0 Å². The van der Waals surface area contributed by atoms with E-state index in [0.717, 1.165) is 4.90 Å². The number of carbonyl (C=O) groups excluding carboxylic acids is 1. The molecule has 0 radical (unpaired) electrons. The highest BCUT2D eigenvalue weighted by molar-refractivity contribution is 5.95. The second-order valence-electron chi connectivity index (χ2n) is 3.24. The number of amides is 1. The second kappa shape index (κ2) is 4.94. The molecule has 0 aromatic heterocycles. The van der Waals surface area contributed by atoms with Crippen molar-refractivity contribution < 1.29 is 14.7 Å². The number of hydrogen-bond acceptors (Lipinski definition) is 3. The highest BCUT2D eigenvalue weighted by atomic mass is 16.4. The molecule has 0 heterocycles. The zero-order chi connectivity index (χ0) is 12.1. The molecule has 0 saturated heterocycles. The number of carboxylic acids is 1. The van der Waals surface area contributed by atoms with Crippen molar-refractivity contribution in [1.82, 2.24) is 4.90 Å². The van der Waals surface area contributed by atoms with Crippen molar-refractivity contribution in [3.63, 3.8) is 0 Å². The van der Waals surface area contributed by atoms with Gasteiger partial charge in [0.15, 0.2) is 0 Å².